The number of hydrogen-bond acceptors (Lipinski definition) is 4. The van der Waals surface area contributed by atoms with E-state index in [4.69, 9.17) is 16.2 Å². The Bertz CT molecular complexity index is 504. The smallest absolute Gasteiger partial charge is 0.248 e. The number of nitrogens with two attached hydrogens (primary N) is 2. The van der Waals surface area contributed by atoms with E-state index in [1.807, 2.05) is 0 Å². The summed E-state index contributed by atoms with van der Waals surface area (Å²) < 4.78 is 5.47. The van der Waals surface area contributed by atoms with E-state index in [9.17, 15) is 9.59 Å². The van der Waals surface area contributed by atoms with Crippen LogP contribution >= 0.6 is 0 Å². The molecule has 20 heavy (non-hydrogen) atoms. The lowest BCUT2D eigenvalue weighted by Crippen LogP contribution is -2.32. The van der Waals surface area contributed by atoms with Crippen molar-refractivity contribution >= 4 is 11.8 Å². The maximum absolute atomic E-state index is 11.9. The third-order valence-corrected chi connectivity index (χ3v) is 3.28. The lowest BCUT2D eigenvalue weighted by atomic mass is 10.2. The van der Waals surface area contributed by atoms with Crippen molar-refractivity contribution in [3.05, 3.63) is 29.8 Å². The van der Waals surface area contributed by atoms with Gasteiger partial charge in [-0.3, -0.25) is 9.59 Å². The number of likely N-dealkylation sites (tertiary alicyclic amines) is 1. The van der Waals surface area contributed by atoms with E-state index >= 15 is 0 Å². The van der Waals surface area contributed by atoms with Crippen molar-refractivity contribution in [1.29, 1.82) is 0 Å². The van der Waals surface area contributed by atoms with Crippen molar-refractivity contribution < 1.29 is 14.3 Å². The summed E-state index contributed by atoms with van der Waals surface area (Å²) in [5.74, 6) is 0.0776. The first kappa shape index (κ1) is 14.3. The van der Waals surface area contributed by atoms with Gasteiger partial charge in [0.2, 0.25) is 11.8 Å². The van der Waals surface area contributed by atoms with E-state index in [-0.39, 0.29) is 18.6 Å². The Morgan fingerprint density at radius 1 is 1.40 bits per heavy atom. The molecule has 4 N–H and O–H groups in total. The van der Waals surface area contributed by atoms with E-state index in [0.717, 1.165) is 13.0 Å². The van der Waals surface area contributed by atoms with Crippen molar-refractivity contribution in [2.45, 2.75) is 18.9 Å². The second kappa shape index (κ2) is 6.38. The highest BCUT2D eigenvalue weighted by atomic mass is 16.5. The minimum Gasteiger partial charge on any atom is -0.493 e. The summed E-state index contributed by atoms with van der Waals surface area (Å²) in [5, 5.41) is 0. The Morgan fingerprint density at radius 2 is 2.20 bits per heavy atom. The van der Waals surface area contributed by atoms with Gasteiger partial charge in [0.25, 0.3) is 0 Å². The van der Waals surface area contributed by atoms with Gasteiger partial charge >= 0.3 is 0 Å². The molecule has 1 aliphatic rings. The Hall–Kier alpha value is -2.08. The van der Waals surface area contributed by atoms with Crippen LogP contribution in [0.2, 0.25) is 0 Å². The zero-order chi connectivity index (χ0) is 14.5. The molecule has 0 aliphatic carbocycles. The molecule has 1 fully saturated rings. The predicted octanol–water partition coefficient (Wildman–Crippen LogP) is 0.114. The standard InChI is InChI=1S/C14H19N3O3/c15-11-4-6-17(9-11)13(18)5-7-20-12-3-1-2-10(8-12)14(16)19/h1-3,8,11H,4-7,9,15H2,(H2,16,19)/t11-/m0/s1. The molecule has 1 aromatic carbocycles. The molecule has 0 spiro atoms. The van der Waals surface area contributed by atoms with Crippen LogP contribution < -0.4 is 16.2 Å². The SMILES string of the molecule is NC(=O)c1cccc(OCCC(=O)N2CC[C@H](N)C2)c1. The molecule has 0 unspecified atom stereocenters. The van der Waals surface area contributed by atoms with Crippen molar-refractivity contribution in [2.24, 2.45) is 11.5 Å². The Kier molecular flexibility index (Phi) is 4.57. The molecule has 0 saturated carbocycles. The molecule has 108 valence electrons. The number of benzene rings is 1. The number of hydrogen-bond donors (Lipinski definition) is 2. The first-order valence-electron chi connectivity index (χ1n) is 6.62. The number of carbonyl (C=O) groups is 2. The van der Waals surface area contributed by atoms with E-state index in [1.165, 1.54) is 0 Å². The molecular weight excluding hydrogens is 258 g/mol. The van der Waals surface area contributed by atoms with Crippen LogP contribution in [0, 0.1) is 0 Å². The topological polar surface area (TPSA) is 98.7 Å². The molecule has 0 bridgehead atoms. The first-order chi connectivity index (χ1) is 9.56. The fraction of sp³-hybridized carbons (Fsp3) is 0.429. The number of carbonyl (C=O) groups excluding carboxylic acids is 2. The van der Waals surface area contributed by atoms with Crippen LogP contribution in [0.25, 0.3) is 0 Å². The monoisotopic (exact) mass is 277 g/mol. The molecule has 2 amide bonds. The van der Waals surface area contributed by atoms with Crippen LogP contribution in [0.5, 0.6) is 5.75 Å². The minimum absolute atomic E-state index is 0.0454. The summed E-state index contributed by atoms with van der Waals surface area (Å²) in [6.07, 6.45) is 1.15. The van der Waals surface area contributed by atoms with Gasteiger partial charge in [-0.15, -0.1) is 0 Å². The van der Waals surface area contributed by atoms with Crippen LogP contribution in [-0.2, 0) is 4.79 Å². The van der Waals surface area contributed by atoms with Gasteiger partial charge in [0, 0.05) is 24.7 Å². The highest BCUT2D eigenvalue weighted by Gasteiger charge is 2.23. The van der Waals surface area contributed by atoms with Crippen LogP contribution in [-0.4, -0.2) is 42.5 Å². The quantitative estimate of drug-likeness (QED) is 0.798. The highest BCUT2D eigenvalue weighted by molar-refractivity contribution is 5.93. The summed E-state index contributed by atoms with van der Waals surface area (Å²) in [7, 11) is 0. The molecule has 1 saturated heterocycles. The van der Waals surface area contributed by atoms with Crippen molar-refractivity contribution in [3.8, 4) is 5.75 Å². The second-order valence-electron chi connectivity index (χ2n) is 4.88. The van der Waals surface area contributed by atoms with E-state index in [2.05, 4.69) is 0 Å². The highest BCUT2D eigenvalue weighted by Crippen LogP contribution is 2.14. The second-order valence-corrected chi connectivity index (χ2v) is 4.88. The molecule has 1 aliphatic heterocycles. The largest absolute Gasteiger partial charge is 0.493 e. The van der Waals surface area contributed by atoms with Gasteiger partial charge in [0.15, 0.2) is 0 Å². The van der Waals surface area contributed by atoms with Crippen LogP contribution in [0.15, 0.2) is 24.3 Å². The van der Waals surface area contributed by atoms with Crippen LogP contribution in [0.1, 0.15) is 23.2 Å². The molecule has 6 heteroatoms. The van der Waals surface area contributed by atoms with Gasteiger partial charge in [0.1, 0.15) is 5.75 Å². The van der Waals surface area contributed by atoms with Crippen LogP contribution in [0.4, 0.5) is 0 Å². The summed E-state index contributed by atoms with van der Waals surface area (Å²) in [6.45, 7) is 1.61. The summed E-state index contributed by atoms with van der Waals surface area (Å²) in [5.41, 5.74) is 11.3. The minimum atomic E-state index is -0.502. The van der Waals surface area contributed by atoms with Gasteiger partial charge in [0.05, 0.1) is 13.0 Å². The Labute approximate surface area is 117 Å². The van der Waals surface area contributed by atoms with Crippen LogP contribution in [0.3, 0.4) is 0 Å². The zero-order valence-corrected chi connectivity index (χ0v) is 11.2. The predicted molar refractivity (Wildman–Crippen MR) is 74.2 cm³/mol. The Morgan fingerprint density at radius 3 is 2.85 bits per heavy atom. The lowest BCUT2D eigenvalue weighted by Gasteiger charge is -2.15. The number of ether oxygens (including phenoxy) is 1. The third kappa shape index (κ3) is 3.71. The van der Waals surface area contributed by atoms with Crippen molar-refractivity contribution in [1.82, 2.24) is 4.90 Å². The van der Waals surface area contributed by atoms with E-state index in [0.29, 0.717) is 24.3 Å². The lowest BCUT2D eigenvalue weighted by molar-refractivity contribution is -0.130. The molecule has 1 atom stereocenters. The molecule has 0 aromatic heterocycles. The number of nitrogens with zero attached hydrogens (tertiary/aromatic N) is 1. The van der Waals surface area contributed by atoms with Gasteiger partial charge < -0.3 is 21.1 Å². The number of primary amides is 1. The third-order valence-electron chi connectivity index (χ3n) is 3.28. The molecule has 2 rings (SSSR count). The average Bonchev–Trinajstić information content (AvgIpc) is 2.86. The summed E-state index contributed by atoms with van der Waals surface area (Å²) in [4.78, 5) is 24.7. The first-order valence-corrected chi connectivity index (χ1v) is 6.62. The van der Waals surface area contributed by atoms with Gasteiger partial charge in [-0.25, -0.2) is 0 Å². The van der Waals surface area contributed by atoms with Gasteiger partial charge in [-0.2, -0.15) is 0 Å². The maximum atomic E-state index is 11.9. The maximum Gasteiger partial charge on any atom is 0.248 e. The molecule has 1 aromatic rings. The average molecular weight is 277 g/mol. The van der Waals surface area contributed by atoms with E-state index < -0.39 is 5.91 Å². The normalized spacial score (nSPS) is 18.1. The Balaban J connectivity index is 1.79. The summed E-state index contributed by atoms with van der Waals surface area (Å²) >= 11 is 0. The molecule has 6 nitrogen and oxygen atoms in total. The number of rotatable bonds is 5. The van der Waals surface area contributed by atoms with Crippen molar-refractivity contribution in [2.75, 3.05) is 19.7 Å². The molecular formula is C14H19N3O3. The number of amides is 2. The van der Waals surface area contributed by atoms with Crippen molar-refractivity contribution in [3.63, 3.8) is 0 Å². The fourth-order valence-electron chi connectivity index (χ4n) is 2.17. The van der Waals surface area contributed by atoms with E-state index in [1.54, 1.807) is 29.2 Å². The molecule has 0 radical (unpaired) electrons. The molecule has 1 heterocycles. The van der Waals surface area contributed by atoms with Gasteiger partial charge in [-0.05, 0) is 24.6 Å². The van der Waals surface area contributed by atoms with Gasteiger partial charge in [-0.1, -0.05) is 6.07 Å². The summed E-state index contributed by atoms with van der Waals surface area (Å²) in [6, 6.07) is 6.69. The fourth-order valence-corrected chi connectivity index (χ4v) is 2.17. The zero-order valence-electron chi connectivity index (χ0n) is 11.2.